The van der Waals surface area contributed by atoms with Crippen LogP contribution >= 0.6 is 0 Å². The van der Waals surface area contributed by atoms with Crippen molar-refractivity contribution >= 4 is 24.4 Å². The van der Waals surface area contributed by atoms with Crippen molar-refractivity contribution in [1.29, 1.82) is 0 Å². The molecule has 0 aliphatic carbocycles. The smallest absolute Gasteiger partial charge is 0.458 e. The molecule has 12 heteroatoms. The lowest BCUT2D eigenvalue weighted by molar-refractivity contribution is -0.155. The number of benzene rings is 1. The molecule has 0 spiro atoms. The van der Waals surface area contributed by atoms with Gasteiger partial charge in [-0.2, -0.15) is 0 Å². The normalized spacial score (nSPS) is 14.7. The Labute approximate surface area is 254 Å². The molecule has 5 atom stereocenters. The van der Waals surface area contributed by atoms with E-state index >= 15 is 0 Å². The van der Waals surface area contributed by atoms with Crippen molar-refractivity contribution in [2.45, 2.75) is 113 Å². The minimum Gasteiger partial charge on any atom is -0.458 e. The molecule has 12 nitrogen and oxygen atoms in total. The highest BCUT2D eigenvalue weighted by Crippen LogP contribution is 2.30. The average molecular weight is 612 g/mol. The van der Waals surface area contributed by atoms with Gasteiger partial charge in [0.05, 0.1) is 6.61 Å². The number of hydrogen-bond acceptors (Lipinski definition) is 12. The Hall–Kier alpha value is -3.54. The van der Waals surface area contributed by atoms with Crippen LogP contribution in [0.3, 0.4) is 0 Å². The van der Waals surface area contributed by atoms with Crippen molar-refractivity contribution < 1.29 is 52.3 Å². The summed E-state index contributed by atoms with van der Waals surface area (Å²) in [5, 5.41) is 0. The molecular formula is C31H49NO11. The minimum atomic E-state index is -1.11. The summed E-state index contributed by atoms with van der Waals surface area (Å²) in [5.74, 6) is -0.488. The molecule has 1 rings (SSSR count). The Kier molecular flexibility index (Phi) is 15.9. The van der Waals surface area contributed by atoms with Gasteiger partial charge in [0.1, 0.15) is 30.5 Å². The van der Waals surface area contributed by atoms with Gasteiger partial charge in [-0.1, -0.05) is 47.6 Å². The first kappa shape index (κ1) is 37.5. The van der Waals surface area contributed by atoms with E-state index in [0.29, 0.717) is 17.9 Å². The third kappa shape index (κ3) is 14.5. The number of esters is 1. The Morgan fingerprint density at radius 2 is 1.14 bits per heavy atom. The van der Waals surface area contributed by atoms with E-state index in [2.05, 4.69) is 0 Å². The predicted molar refractivity (Wildman–Crippen MR) is 158 cm³/mol. The first-order valence-corrected chi connectivity index (χ1v) is 14.7. The molecule has 1 aromatic rings. The van der Waals surface area contributed by atoms with Gasteiger partial charge in [0.25, 0.3) is 0 Å². The van der Waals surface area contributed by atoms with E-state index in [1.54, 1.807) is 33.8 Å². The van der Waals surface area contributed by atoms with E-state index in [-0.39, 0.29) is 36.4 Å². The molecule has 0 bridgehead atoms. The second-order valence-electron chi connectivity index (χ2n) is 11.7. The van der Waals surface area contributed by atoms with Crippen molar-refractivity contribution in [3.8, 4) is 11.5 Å². The molecule has 0 aliphatic heterocycles. The lowest BCUT2D eigenvalue weighted by Crippen LogP contribution is -2.39. The van der Waals surface area contributed by atoms with Crippen molar-refractivity contribution in [2.24, 2.45) is 23.5 Å². The highest BCUT2D eigenvalue weighted by Gasteiger charge is 2.26. The second kappa shape index (κ2) is 18.2. The maximum Gasteiger partial charge on any atom is 0.514 e. The van der Waals surface area contributed by atoms with Gasteiger partial charge in [-0.05, 0) is 76.0 Å². The lowest BCUT2D eigenvalue weighted by atomic mass is 10.1. The molecule has 0 amide bonds. The molecule has 0 aliphatic rings. The molecular weight excluding hydrogens is 562 g/mol. The van der Waals surface area contributed by atoms with Crippen LogP contribution in [0.25, 0.3) is 0 Å². The maximum atomic E-state index is 12.7. The van der Waals surface area contributed by atoms with E-state index in [1.165, 1.54) is 12.1 Å². The zero-order valence-electron chi connectivity index (χ0n) is 27.0. The number of carbonyl (C=O) groups excluding carboxylic acids is 4. The van der Waals surface area contributed by atoms with E-state index in [4.69, 9.17) is 38.9 Å². The molecule has 2 N–H and O–H groups in total. The predicted octanol–water partition coefficient (Wildman–Crippen LogP) is 6.20. The second-order valence-corrected chi connectivity index (χ2v) is 11.7. The number of ether oxygens (including phenoxy) is 7. The quantitative estimate of drug-likeness (QED) is 0.136. The van der Waals surface area contributed by atoms with Crippen molar-refractivity contribution in [3.63, 3.8) is 0 Å². The summed E-state index contributed by atoms with van der Waals surface area (Å²) in [7, 11) is 0. The highest BCUT2D eigenvalue weighted by atomic mass is 16.8. The highest BCUT2D eigenvalue weighted by molar-refractivity contribution is 5.76. The molecule has 43 heavy (non-hydrogen) atoms. The van der Waals surface area contributed by atoms with Crippen molar-refractivity contribution in [3.05, 3.63) is 23.8 Å². The van der Waals surface area contributed by atoms with Crippen LogP contribution in [0.4, 0.5) is 14.4 Å². The summed E-state index contributed by atoms with van der Waals surface area (Å²) in [5.41, 5.74) is 6.58. The van der Waals surface area contributed by atoms with Gasteiger partial charge in [-0.15, -0.1) is 0 Å². The first-order valence-electron chi connectivity index (χ1n) is 14.7. The standard InChI is InChI=1S/C31H49NO11/c1-17(2)13-14-37-29(34)41-23(10)22(9)38-28(33)25(32)15-24-11-12-26(42-30(35)39-20(7)18(3)4)27(16-24)43-31(36)40-21(8)19(5)6/h11-12,16-23,25H,13-15,32H2,1-10H3/t20?,21?,22-,23-,25-/m0/s1. The van der Waals surface area contributed by atoms with Crippen LogP contribution in [-0.2, 0) is 34.9 Å². The van der Waals surface area contributed by atoms with E-state index in [9.17, 15) is 19.2 Å². The van der Waals surface area contributed by atoms with E-state index < -0.39 is 54.9 Å². The topological polar surface area (TPSA) is 159 Å². The van der Waals surface area contributed by atoms with Crippen molar-refractivity contribution in [1.82, 2.24) is 0 Å². The average Bonchev–Trinajstić information content (AvgIpc) is 2.89. The van der Waals surface area contributed by atoms with Gasteiger partial charge in [0.2, 0.25) is 0 Å². The number of rotatable bonds is 15. The first-order chi connectivity index (χ1) is 20.0. The van der Waals surface area contributed by atoms with Gasteiger partial charge in [0, 0.05) is 0 Å². The van der Waals surface area contributed by atoms with Crippen molar-refractivity contribution in [2.75, 3.05) is 6.61 Å². The Morgan fingerprint density at radius 1 is 0.651 bits per heavy atom. The summed E-state index contributed by atoms with van der Waals surface area (Å²) in [6.07, 6.45) is -4.57. The van der Waals surface area contributed by atoms with Gasteiger partial charge < -0.3 is 38.9 Å². The monoisotopic (exact) mass is 611 g/mol. The molecule has 0 saturated heterocycles. The fourth-order valence-electron chi connectivity index (χ4n) is 3.01. The summed E-state index contributed by atoms with van der Waals surface area (Å²) in [6, 6.07) is 3.24. The number of carbonyl (C=O) groups is 4. The van der Waals surface area contributed by atoms with Crippen LogP contribution in [0, 0.1) is 17.8 Å². The molecule has 244 valence electrons. The third-order valence-corrected chi connectivity index (χ3v) is 6.76. The maximum absolute atomic E-state index is 12.7. The molecule has 0 saturated carbocycles. The minimum absolute atomic E-state index is 0.0129. The molecule has 0 radical (unpaired) electrons. The van der Waals surface area contributed by atoms with Crippen LogP contribution in [-0.4, -0.2) is 61.5 Å². The van der Waals surface area contributed by atoms with Gasteiger partial charge >= 0.3 is 24.4 Å². The summed E-state index contributed by atoms with van der Waals surface area (Å²) in [6.45, 7) is 18.4. The largest absolute Gasteiger partial charge is 0.514 e. The number of hydrogen-bond donors (Lipinski definition) is 1. The van der Waals surface area contributed by atoms with Gasteiger partial charge in [0.15, 0.2) is 11.5 Å². The summed E-state index contributed by atoms with van der Waals surface area (Å²) in [4.78, 5) is 49.4. The SMILES string of the molecule is CC(C)CCOC(=O)O[C@@H](C)[C@H](C)OC(=O)[C@@H](N)Cc1ccc(OC(=O)OC(C)C(C)C)c(OC(=O)OC(C)C(C)C)c1. The van der Waals surface area contributed by atoms with E-state index in [1.807, 2.05) is 41.5 Å². The fourth-order valence-corrected chi connectivity index (χ4v) is 3.01. The van der Waals surface area contributed by atoms with Crippen LogP contribution < -0.4 is 15.2 Å². The molecule has 1 aromatic carbocycles. The van der Waals surface area contributed by atoms with Gasteiger partial charge in [-0.3, -0.25) is 4.79 Å². The Morgan fingerprint density at radius 3 is 1.65 bits per heavy atom. The third-order valence-electron chi connectivity index (χ3n) is 6.76. The Bertz CT molecular complexity index is 1060. The summed E-state index contributed by atoms with van der Waals surface area (Å²) >= 11 is 0. The number of nitrogens with two attached hydrogens (primary N) is 1. The molecule has 0 aromatic heterocycles. The Balaban J connectivity index is 2.94. The van der Waals surface area contributed by atoms with Crippen LogP contribution in [0.15, 0.2) is 18.2 Å². The lowest BCUT2D eigenvalue weighted by Gasteiger charge is -2.22. The zero-order valence-corrected chi connectivity index (χ0v) is 27.0. The molecule has 2 unspecified atom stereocenters. The van der Waals surface area contributed by atoms with Gasteiger partial charge in [-0.25, -0.2) is 14.4 Å². The van der Waals surface area contributed by atoms with E-state index in [0.717, 1.165) is 0 Å². The molecule has 0 fully saturated rings. The zero-order chi connectivity index (χ0) is 32.9. The summed E-state index contributed by atoms with van der Waals surface area (Å²) < 4.78 is 36.8. The fraction of sp³-hybridized carbons (Fsp3) is 0.677. The van der Waals surface area contributed by atoms with Crippen LogP contribution in [0.5, 0.6) is 11.5 Å². The van der Waals surface area contributed by atoms with Crippen LogP contribution in [0.1, 0.15) is 81.2 Å². The molecule has 0 heterocycles. The van der Waals surface area contributed by atoms with Crippen LogP contribution in [0.2, 0.25) is 0 Å².